The van der Waals surface area contributed by atoms with Crippen molar-refractivity contribution in [2.75, 3.05) is 18.1 Å². The third-order valence-corrected chi connectivity index (χ3v) is 3.65. The van der Waals surface area contributed by atoms with Crippen LogP contribution in [-0.4, -0.2) is 29.0 Å². The Kier molecular flexibility index (Phi) is 3.76. The Bertz CT molecular complexity index is 766. The maximum absolute atomic E-state index is 12.6. The molecule has 0 saturated carbocycles. The lowest BCUT2D eigenvalue weighted by molar-refractivity contribution is -0.384. The molecule has 1 aromatic carbocycles. The van der Waals surface area contributed by atoms with E-state index >= 15 is 0 Å². The van der Waals surface area contributed by atoms with Gasteiger partial charge in [0.05, 0.1) is 22.7 Å². The van der Waals surface area contributed by atoms with Gasteiger partial charge in [0, 0.05) is 29.0 Å². The molecule has 2 heterocycles. The molecule has 112 valence electrons. The molecule has 0 bridgehead atoms. The van der Waals surface area contributed by atoms with Gasteiger partial charge in [0.15, 0.2) is 0 Å². The number of aromatic nitrogens is 1. The number of halogens is 1. The smallest absolute Gasteiger partial charge is 0.271 e. The number of carbonyl (C=O) groups is 1. The van der Waals surface area contributed by atoms with Gasteiger partial charge < -0.3 is 9.64 Å². The number of non-ortho nitro benzene ring substituents is 1. The summed E-state index contributed by atoms with van der Waals surface area (Å²) in [5.41, 5.74) is 0.702. The number of ether oxygens (including phenoxy) is 1. The second-order valence-electron chi connectivity index (χ2n) is 4.61. The molecule has 0 radical (unpaired) electrons. The molecule has 1 amide bonds. The van der Waals surface area contributed by atoms with Crippen LogP contribution in [-0.2, 0) is 0 Å². The largest absolute Gasteiger partial charge is 0.490 e. The molecule has 0 N–H and O–H groups in total. The number of anilines is 1. The van der Waals surface area contributed by atoms with Crippen LogP contribution in [0.15, 0.2) is 41.1 Å². The molecule has 8 heteroatoms. The van der Waals surface area contributed by atoms with E-state index in [-0.39, 0.29) is 11.6 Å². The molecular formula is C14H10BrN3O4. The third kappa shape index (κ3) is 2.64. The zero-order chi connectivity index (χ0) is 15.7. The summed E-state index contributed by atoms with van der Waals surface area (Å²) < 4.78 is 6.14. The average molecular weight is 364 g/mol. The van der Waals surface area contributed by atoms with Crippen LogP contribution in [0, 0.1) is 10.1 Å². The van der Waals surface area contributed by atoms with Gasteiger partial charge in [-0.1, -0.05) is 0 Å². The van der Waals surface area contributed by atoms with Crippen LogP contribution in [0.5, 0.6) is 5.75 Å². The monoisotopic (exact) mass is 363 g/mol. The summed E-state index contributed by atoms with van der Waals surface area (Å²) >= 11 is 3.27. The van der Waals surface area contributed by atoms with E-state index in [4.69, 9.17) is 4.74 Å². The first-order valence-electron chi connectivity index (χ1n) is 6.40. The lowest BCUT2D eigenvalue weighted by Gasteiger charge is -2.29. The average Bonchev–Trinajstić information content (AvgIpc) is 2.53. The van der Waals surface area contributed by atoms with E-state index < -0.39 is 4.92 Å². The van der Waals surface area contributed by atoms with Crippen molar-refractivity contribution in [3.63, 3.8) is 0 Å². The second-order valence-corrected chi connectivity index (χ2v) is 5.52. The van der Waals surface area contributed by atoms with Crippen molar-refractivity contribution >= 4 is 33.2 Å². The Morgan fingerprint density at radius 2 is 2.18 bits per heavy atom. The number of amides is 1. The number of nitro benzene ring substituents is 1. The Balaban J connectivity index is 2.02. The highest BCUT2D eigenvalue weighted by atomic mass is 79.9. The van der Waals surface area contributed by atoms with Crippen molar-refractivity contribution < 1.29 is 14.5 Å². The fourth-order valence-corrected chi connectivity index (χ4v) is 2.58. The van der Waals surface area contributed by atoms with Gasteiger partial charge in [-0.3, -0.25) is 19.9 Å². The number of pyridine rings is 1. The molecule has 0 fully saturated rings. The Hall–Kier alpha value is -2.48. The van der Waals surface area contributed by atoms with Crippen molar-refractivity contribution in [3.05, 3.63) is 56.8 Å². The van der Waals surface area contributed by atoms with Gasteiger partial charge in [0.2, 0.25) is 0 Å². The number of hydrogen-bond donors (Lipinski definition) is 0. The lowest BCUT2D eigenvalue weighted by atomic mass is 10.1. The van der Waals surface area contributed by atoms with Gasteiger partial charge in [-0.05, 0) is 28.1 Å². The molecule has 0 saturated heterocycles. The number of hydrogen-bond acceptors (Lipinski definition) is 5. The summed E-state index contributed by atoms with van der Waals surface area (Å²) in [4.78, 5) is 28.5. The molecule has 2 aromatic rings. The fraction of sp³-hybridized carbons (Fsp3) is 0.143. The minimum absolute atomic E-state index is 0.0885. The van der Waals surface area contributed by atoms with Crippen molar-refractivity contribution in [3.8, 4) is 5.75 Å². The summed E-state index contributed by atoms with van der Waals surface area (Å²) in [6.45, 7) is 0.650. The minimum atomic E-state index is -0.502. The quantitative estimate of drug-likeness (QED) is 0.604. The molecule has 0 unspecified atom stereocenters. The molecule has 22 heavy (non-hydrogen) atoms. The van der Waals surface area contributed by atoms with Crippen LogP contribution < -0.4 is 9.64 Å². The first-order chi connectivity index (χ1) is 10.6. The van der Waals surface area contributed by atoms with Gasteiger partial charge in [-0.25, -0.2) is 0 Å². The number of nitro groups is 1. The Morgan fingerprint density at radius 1 is 1.36 bits per heavy atom. The first-order valence-corrected chi connectivity index (χ1v) is 7.19. The van der Waals surface area contributed by atoms with Crippen LogP contribution in [0.25, 0.3) is 0 Å². The first kappa shape index (κ1) is 14.5. The fourth-order valence-electron chi connectivity index (χ4n) is 2.22. The van der Waals surface area contributed by atoms with Crippen molar-refractivity contribution in [1.82, 2.24) is 4.98 Å². The van der Waals surface area contributed by atoms with E-state index in [1.807, 2.05) is 0 Å². The van der Waals surface area contributed by atoms with E-state index in [0.717, 1.165) is 0 Å². The van der Waals surface area contributed by atoms with E-state index in [9.17, 15) is 14.9 Å². The maximum Gasteiger partial charge on any atom is 0.271 e. The Morgan fingerprint density at radius 3 is 2.91 bits per heavy atom. The minimum Gasteiger partial charge on any atom is -0.490 e. The van der Waals surface area contributed by atoms with Crippen LogP contribution >= 0.6 is 15.9 Å². The second kappa shape index (κ2) is 5.72. The van der Waals surface area contributed by atoms with Crippen molar-refractivity contribution in [2.24, 2.45) is 0 Å². The normalized spacial score (nSPS) is 13.2. The molecule has 0 spiro atoms. The molecule has 1 aliphatic rings. The summed E-state index contributed by atoms with van der Waals surface area (Å²) in [5, 5.41) is 10.9. The topological polar surface area (TPSA) is 85.6 Å². The number of nitrogens with zero attached hydrogens (tertiary/aromatic N) is 3. The van der Waals surface area contributed by atoms with Crippen LogP contribution in [0.3, 0.4) is 0 Å². The molecule has 3 rings (SSSR count). The lowest BCUT2D eigenvalue weighted by Crippen LogP contribution is -2.38. The van der Waals surface area contributed by atoms with Gasteiger partial charge in [-0.15, -0.1) is 0 Å². The predicted octanol–water partition coefficient (Wildman–Crippen LogP) is 2.79. The maximum atomic E-state index is 12.6. The molecule has 0 atom stereocenters. The molecule has 1 aromatic heterocycles. The zero-order valence-electron chi connectivity index (χ0n) is 11.2. The standard InChI is InChI=1S/C14H10BrN3O4/c15-10-5-9(7-16-8-10)14(19)17-3-4-22-13-2-1-11(18(20)21)6-12(13)17/h1-2,5-8H,3-4H2. The van der Waals surface area contributed by atoms with Crippen LogP contribution in [0.1, 0.15) is 10.4 Å². The molecular weight excluding hydrogens is 354 g/mol. The van der Waals surface area contributed by atoms with Gasteiger partial charge in [0.25, 0.3) is 11.6 Å². The SMILES string of the molecule is O=C(c1cncc(Br)c1)N1CCOc2ccc([N+](=O)[O-])cc21. The third-order valence-electron chi connectivity index (χ3n) is 3.21. The van der Waals surface area contributed by atoms with Crippen LogP contribution in [0.4, 0.5) is 11.4 Å². The summed E-state index contributed by atoms with van der Waals surface area (Å²) in [6.07, 6.45) is 3.04. The summed E-state index contributed by atoms with van der Waals surface area (Å²) in [6, 6.07) is 5.86. The summed E-state index contributed by atoms with van der Waals surface area (Å²) in [7, 11) is 0. The van der Waals surface area contributed by atoms with E-state index in [1.54, 1.807) is 12.3 Å². The van der Waals surface area contributed by atoms with Crippen molar-refractivity contribution in [1.29, 1.82) is 0 Å². The zero-order valence-corrected chi connectivity index (χ0v) is 12.8. The molecule has 7 nitrogen and oxygen atoms in total. The van der Waals surface area contributed by atoms with Gasteiger partial charge in [-0.2, -0.15) is 0 Å². The highest BCUT2D eigenvalue weighted by Gasteiger charge is 2.27. The summed E-state index contributed by atoms with van der Waals surface area (Å²) in [5.74, 6) is 0.173. The molecule has 0 aliphatic carbocycles. The predicted molar refractivity (Wildman–Crippen MR) is 82.2 cm³/mol. The van der Waals surface area contributed by atoms with Crippen molar-refractivity contribution in [2.45, 2.75) is 0 Å². The van der Waals surface area contributed by atoms with E-state index in [2.05, 4.69) is 20.9 Å². The number of carbonyl (C=O) groups excluding carboxylic acids is 1. The highest BCUT2D eigenvalue weighted by Crippen LogP contribution is 2.35. The van der Waals surface area contributed by atoms with Gasteiger partial charge >= 0.3 is 0 Å². The highest BCUT2D eigenvalue weighted by molar-refractivity contribution is 9.10. The molecule has 1 aliphatic heterocycles. The Labute approximate surface area is 133 Å². The number of rotatable bonds is 2. The van der Waals surface area contributed by atoms with Crippen LogP contribution in [0.2, 0.25) is 0 Å². The van der Waals surface area contributed by atoms with E-state index in [1.165, 1.54) is 29.3 Å². The number of benzene rings is 1. The number of fused-ring (bicyclic) bond motifs is 1. The van der Waals surface area contributed by atoms with E-state index in [0.29, 0.717) is 34.6 Å². The van der Waals surface area contributed by atoms with Gasteiger partial charge in [0.1, 0.15) is 12.4 Å².